The van der Waals surface area contributed by atoms with Crippen molar-refractivity contribution in [3.8, 4) is 0 Å². The summed E-state index contributed by atoms with van der Waals surface area (Å²) >= 11 is 12.2. The number of carbonyl (C=O) groups excluding carboxylic acids is 1. The lowest BCUT2D eigenvalue weighted by Crippen LogP contribution is -2.15. The molecule has 0 aliphatic rings. The molecule has 0 radical (unpaired) electrons. The Bertz CT molecular complexity index is 952. The summed E-state index contributed by atoms with van der Waals surface area (Å²) in [6.45, 7) is 0.347. The summed E-state index contributed by atoms with van der Waals surface area (Å²) in [6, 6.07) is 7.24. The number of benzene rings is 1. The van der Waals surface area contributed by atoms with E-state index < -0.39 is 16.5 Å². The van der Waals surface area contributed by atoms with Crippen LogP contribution in [-0.2, 0) is 6.54 Å². The molecular weight excluding hydrogens is 371 g/mol. The zero-order chi connectivity index (χ0) is 18.0. The van der Waals surface area contributed by atoms with E-state index in [2.05, 4.69) is 20.6 Å². The lowest BCUT2D eigenvalue weighted by atomic mass is 10.2. The van der Waals surface area contributed by atoms with Gasteiger partial charge in [-0.05, 0) is 11.6 Å². The number of anilines is 1. The van der Waals surface area contributed by atoms with Gasteiger partial charge in [-0.1, -0.05) is 41.4 Å². The smallest absolute Gasteiger partial charge is 0.302 e. The van der Waals surface area contributed by atoms with Crippen molar-refractivity contribution in [3.63, 3.8) is 0 Å². The fourth-order valence-electron chi connectivity index (χ4n) is 2.12. The standard InChI is InChI=1S/C14H10Cl2N6O3/c15-9-4-2-1-3-8(9)6-21-7-10(16)13(20-21)18-14(23)12-11(22(24)25)5-17-19-12/h1-5,7H,6H2,(H,17,19)(H,18,20,23). The van der Waals surface area contributed by atoms with Gasteiger partial charge in [0, 0.05) is 11.2 Å². The Balaban J connectivity index is 1.79. The van der Waals surface area contributed by atoms with Crippen LogP contribution in [0.1, 0.15) is 16.1 Å². The second-order valence-electron chi connectivity index (χ2n) is 4.96. The summed E-state index contributed by atoms with van der Waals surface area (Å²) in [7, 11) is 0. The largest absolute Gasteiger partial charge is 0.319 e. The molecule has 0 unspecified atom stereocenters. The van der Waals surface area contributed by atoms with Crippen molar-refractivity contribution in [1.82, 2.24) is 20.0 Å². The number of aromatic nitrogens is 4. The highest BCUT2D eigenvalue weighted by molar-refractivity contribution is 6.33. The van der Waals surface area contributed by atoms with Gasteiger partial charge in [-0.3, -0.25) is 24.7 Å². The van der Waals surface area contributed by atoms with E-state index >= 15 is 0 Å². The van der Waals surface area contributed by atoms with E-state index in [0.29, 0.717) is 11.6 Å². The molecule has 0 spiro atoms. The molecule has 3 aromatic rings. The number of nitrogens with zero attached hydrogens (tertiary/aromatic N) is 4. The van der Waals surface area contributed by atoms with Gasteiger partial charge in [-0.2, -0.15) is 10.2 Å². The predicted molar refractivity (Wildman–Crippen MR) is 91.0 cm³/mol. The SMILES string of the molecule is O=C(Nc1nn(Cc2ccccc2Cl)cc1Cl)c1[nH]ncc1[N+](=O)[O-]. The van der Waals surface area contributed by atoms with Gasteiger partial charge in [-0.25, -0.2) is 0 Å². The number of nitro groups is 1. The van der Waals surface area contributed by atoms with Gasteiger partial charge in [0.2, 0.25) is 5.69 Å². The van der Waals surface area contributed by atoms with Gasteiger partial charge < -0.3 is 5.32 Å². The average molecular weight is 381 g/mol. The van der Waals surface area contributed by atoms with E-state index in [0.717, 1.165) is 11.8 Å². The van der Waals surface area contributed by atoms with E-state index in [1.807, 2.05) is 18.2 Å². The summed E-state index contributed by atoms with van der Waals surface area (Å²) in [5.41, 5.74) is 0.0938. The minimum Gasteiger partial charge on any atom is -0.302 e. The van der Waals surface area contributed by atoms with Crippen LogP contribution in [0.3, 0.4) is 0 Å². The van der Waals surface area contributed by atoms with E-state index in [4.69, 9.17) is 23.2 Å². The Hall–Kier alpha value is -2.91. The van der Waals surface area contributed by atoms with Gasteiger partial charge >= 0.3 is 5.69 Å². The average Bonchev–Trinajstić information content (AvgIpc) is 3.17. The van der Waals surface area contributed by atoms with Crippen molar-refractivity contribution in [3.05, 3.63) is 68.1 Å². The van der Waals surface area contributed by atoms with Crippen molar-refractivity contribution < 1.29 is 9.72 Å². The normalized spacial score (nSPS) is 10.6. The maximum Gasteiger partial charge on any atom is 0.319 e. The van der Waals surface area contributed by atoms with Gasteiger partial charge in [0.1, 0.15) is 11.2 Å². The number of halogens is 2. The molecule has 0 aliphatic heterocycles. The van der Waals surface area contributed by atoms with Crippen molar-refractivity contribution >= 4 is 40.6 Å². The molecule has 2 N–H and O–H groups in total. The molecule has 25 heavy (non-hydrogen) atoms. The Morgan fingerprint density at radius 2 is 2.08 bits per heavy atom. The monoisotopic (exact) mass is 380 g/mol. The maximum atomic E-state index is 12.2. The molecule has 0 saturated heterocycles. The third kappa shape index (κ3) is 3.62. The Kier molecular flexibility index (Phi) is 4.68. The first kappa shape index (κ1) is 16.9. The Labute approximate surface area is 150 Å². The lowest BCUT2D eigenvalue weighted by Gasteiger charge is -2.04. The topological polar surface area (TPSA) is 119 Å². The van der Waals surface area contributed by atoms with Gasteiger partial charge in [-0.15, -0.1) is 0 Å². The number of aromatic amines is 1. The third-order valence-electron chi connectivity index (χ3n) is 3.28. The summed E-state index contributed by atoms with van der Waals surface area (Å²) in [5.74, 6) is -0.697. The summed E-state index contributed by atoms with van der Waals surface area (Å²) in [4.78, 5) is 22.3. The maximum absolute atomic E-state index is 12.2. The van der Waals surface area contributed by atoms with Crippen LogP contribution in [0.15, 0.2) is 36.7 Å². The van der Waals surface area contributed by atoms with Crippen LogP contribution < -0.4 is 5.32 Å². The van der Waals surface area contributed by atoms with Crippen molar-refractivity contribution in [2.75, 3.05) is 5.32 Å². The van der Waals surface area contributed by atoms with Crippen LogP contribution >= 0.6 is 23.2 Å². The highest BCUT2D eigenvalue weighted by Gasteiger charge is 2.24. The quantitative estimate of drug-likeness (QED) is 0.520. The molecule has 0 bridgehead atoms. The van der Waals surface area contributed by atoms with Crippen LogP contribution in [0.4, 0.5) is 11.5 Å². The molecule has 3 rings (SSSR count). The van der Waals surface area contributed by atoms with Crippen LogP contribution in [0.25, 0.3) is 0 Å². The third-order valence-corrected chi connectivity index (χ3v) is 3.93. The number of rotatable bonds is 5. The molecule has 0 atom stereocenters. The van der Waals surface area contributed by atoms with Gasteiger partial charge in [0.15, 0.2) is 5.82 Å². The number of carbonyl (C=O) groups is 1. The second kappa shape index (κ2) is 6.91. The molecule has 11 heteroatoms. The summed E-state index contributed by atoms with van der Waals surface area (Å²) in [5, 5.41) is 24.0. The zero-order valence-corrected chi connectivity index (χ0v) is 14.0. The van der Waals surface area contributed by atoms with E-state index in [9.17, 15) is 14.9 Å². The molecule has 0 aliphatic carbocycles. The molecule has 128 valence electrons. The number of amides is 1. The van der Waals surface area contributed by atoms with Crippen molar-refractivity contribution in [1.29, 1.82) is 0 Å². The van der Waals surface area contributed by atoms with Crippen LogP contribution in [-0.4, -0.2) is 30.8 Å². The number of hydrogen-bond donors (Lipinski definition) is 2. The number of nitrogens with one attached hydrogen (secondary N) is 2. The number of hydrogen-bond acceptors (Lipinski definition) is 5. The Morgan fingerprint density at radius 3 is 2.80 bits per heavy atom. The summed E-state index contributed by atoms with van der Waals surface area (Å²) in [6.07, 6.45) is 2.47. The zero-order valence-electron chi connectivity index (χ0n) is 12.4. The predicted octanol–water partition coefficient (Wildman–Crippen LogP) is 3.12. The van der Waals surface area contributed by atoms with Crippen LogP contribution in [0.2, 0.25) is 10.0 Å². The molecule has 9 nitrogen and oxygen atoms in total. The molecular formula is C14H10Cl2N6O3. The molecule has 2 heterocycles. The van der Waals surface area contributed by atoms with Gasteiger partial charge in [0.25, 0.3) is 5.91 Å². The first-order valence-electron chi connectivity index (χ1n) is 6.91. The van der Waals surface area contributed by atoms with Crippen LogP contribution in [0.5, 0.6) is 0 Å². The molecule has 0 saturated carbocycles. The highest BCUT2D eigenvalue weighted by atomic mass is 35.5. The van der Waals surface area contributed by atoms with Gasteiger partial charge in [0.05, 0.1) is 11.5 Å². The fourth-order valence-corrected chi connectivity index (χ4v) is 2.51. The molecule has 0 fully saturated rings. The van der Waals surface area contributed by atoms with Crippen molar-refractivity contribution in [2.24, 2.45) is 0 Å². The van der Waals surface area contributed by atoms with Crippen LogP contribution in [0, 0.1) is 10.1 Å². The lowest BCUT2D eigenvalue weighted by molar-refractivity contribution is -0.385. The fraction of sp³-hybridized carbons (Fsp3) is 0.0714. The minimum absolute atomic E-state index is 0.0719. The van der Waals surface area contributed by atoms with Crippen molar-refractivity contribution in [2.45, 2.75) is 6.54 Å². The molecule has 2 aromatic heterocycles. The number of H-pyrrole nitrogens is 1. The first-order valence-corrected chi connectivity index (χ1v) is 7.66. The molecule has 1 aromatic carbocycles. The highest BCUT2D eigenvalue weighted by Crippen LogP contribution is 2.23. The van der Waals surface area contributed by atoms with E-state index in [1.165, 1.54) is 10.9 Å². The minimum atomic E-state index is -0.769. The molecule has 1 amide bonds. The Morgan fingerprint density at radius 1 is 1.32 bits per heavy atom. The first-order chi connectivity index (χ1) is 12.0. The second-order valence-corrected chi connectivity index (χ2v) is 5.77. The summed E-state index contributed by atoms with van der Waals surface area (Å²) < 4.78 is 1.50. The van der Waals surface area contributed by atoms with E-state index in [1.54, 1.807) is 6.07 Å². The van der Waals surface area contributed by atoms with E-state index in [-0.39, 0.29) is 16.5 Å².